The van der Waals surface area contributed by atoms with Crippen molar-refractivity contribution in [2.24, 2.45) is 0 Å². The maximum absolute atomic E-state index is 12.9. The van der Waals surface area contributed by atoms with Crippen LogP contribution in [0.2, 0.25) is 0 Å². The zero-order valence-electron chi connectivity index (χ0n) is 9.74. The fraction of sp³-hybridized carbons (Fsp3) is 0.500. The van der Waals surface area contributed by atoms with E-state index in [0.29, 0.717) is 0 Å². The lowest BCUT2D eigenvalue weighted by Gasteiger charge is -2.16. The zero-order chi connectivity index (χ0) is 13.1. The van der Waals surface area contributed by atoms with E-state index in [0.717, 1.165) is 24.6 Å². The maximum atomic E-state index is 12.9. The molecule has 17 heavy (non-hydrogen) atoms. The van der Waals surface area contributed by atoms with E-state index in [1.807, 2.05) is 13.8 Å². The molecule has 1 unspecified atom stereocenters. The van der Waals surface area contributed by atoms with Crippen LogP contribution in [-0.2, 0) is 12.7 Å². The number of rotatable bonds is 4. The van der Waals surface area contributed by atoms with Crippen LogP contribution in [0.5, 0.6) is 0 Å². The molecule has 0 aliphatic carbocycles. The van der Waals surface area contributed by atoms with Gasteiger partial charge in [-0.15, -0.1) is 0 Å². The van der Waals surface area contributed by atoms with Gasteiger partial charge in [0, 0.05) is 12.6 Å². The van der Waals surface area contributed by atoms with E-state index in [1.165, 1.54) is 0 Å². The van der Waals surface area contributed by atoms with E-state index in [-0.39, 0.29) is 18.2 Å². The average molecular weight is 249 g/mol. The van der Waals surface area contributed by atoms with Crippen molar-refractivity contribution in [1.29, 1.82) is 0 Å². The van der Waals surface area contributed by atoms with Crippen molar-refractivity contribution in [3.8, 4) is 0 Å². The highest BCUT2D eigenvalue weighted by molar-refractivity contribution is 5.30. The Balaban J connectivity index is 2.92. The van der Waals surface area contributed by atoms with Crippen molar-refractivity contribution in [2.45, 2.75) is 39.0 Å². The summed E-state index contributed by atoms with van der Waals surface area (Å²) in [6.07, 6.45) is -3.64. The van der Waals surface area contributed by atoms with E-state index < -0.39 is 17.6 Å². The van der Waals surface area contributed by atoms with Gasteiger partial charge in [0.15, 0.2) is 0 Å². The summed E-state index contributed by atoms with van der Waals surface area (Å²) >= 11 is 0. The molecule has 1 N–H and O–H groups in total. The Morgan fingerprint density at radius 3 is 2.47 bits per heavy atom. The van der Waals surface area contributed by atoms with Gasteiger partial charge in [-0.3, -0.25) is 0 Å². The third-order valence-electron chi connectivity index (χ3n) is 2.63. The van der Waals surface area contributed by atoms with Crippen LogP contribution in [0.3, 0.4) is 0 Å². The standard InChI is InChI=1S/C12H15F4N/c1-3-8(2)17-7-9-6-10(13)4-5-11(9)12(14,15)16/h4-6,8,17H,3,7H2,1-2H3. The van der Waals surface area contributed by atoms with Gasteiger partial charge >= 0.3 is 6.18 Å². The summed E-state index contributed by atoms with van der Waals surface area (Å²) in [5.41, 5.74) is -0.840. The molecule has 0 aliphatic heterocycles. The normalized spacial score (nSPS) is 13.8. The SMILES string of the molecule is CCC(C)NCc1cc(F)ccc1C(F)(F)F. The molecule has 0 aliphatic rings. The van der Waals surface area contributed by atoms with Gasteiger partial charge in [0.25, 0.3) is 0 Å². The Morgan fingerprint density at radius 1 is 1.29 bits per heavy atom. The van der Waals surface area contributed by atoms with Gasteiger partial charge in [-0.2, -0.15) is 13.2 Å². The first-order valence-electron chi connectivity index (χ1n) is 5.43. The van der Waals surface area contributed by atoms with Crippen LogP contribution < -0.4 is 5.32 Å². The second-order valence-electron chi connectivity index (χ2n) is 3.99. The first-order valence-corrected chi connectivity index (χ1v) is 5.43. The summed E-state index contributed by atoms with van der Waals surface area (Å²) in [6.45, 7) is 3.81. The first kappa shape index (κ1) is 14.0. The van der Waals surface area contributed by atoms with Crippen molar-refractivity contribution in [3.63, 3.8) is 0 Å². The quantitative estimate of drug-likeness (QED) is 0.802. The molecule has 0 bridgehead atoms. The second-order valence-corrected chi connectivity index (χ2v) is 3.99. The molecule has 0 heterocycles. The largest absolute Gasteiger partial charge is 0.416 e. The number of hydrogen-bond acceptors (Lipinski definition) is 1. The number of nitrogens with one attached hydrogen (secondary N) is 1. The molecule has 0 radical (unpaired) electrons. The predicted octanol–water partition coefficient (Wildman–Crippen LogP) is 3.73. The molecule has 0 saturated heterocycles. The van der Waals surface area contributed by atoms with Crippen LogP contribution in [0.1, 0.15) is 31.4 Å². The van der Waals surface area contributed by atoms with Crippen LogP contribution >= 0.6 is 0 Å². The van der Waals surface area contributed by atoms with Gasteiger partial charge in [-0.05, 0) is 37.1 Å². The topological polar surface area (TPSA) is 12.0 Å². The van der Waals surface area contributed by atoms with Gasteiger partial charge in [0.05, 0.1) is 5.56 Å². The van der Waals surface area contributed by atoms with Gasteiger partial charge in [-0.1, -0.05) is 6.92 Å². The lowest BCUT2D eigenvalue weighted by atomic mass is 10.1. The van der Waals surface area contributed by atoms with Crippen molar-refractivity contribution >= 4 is 0 Å². The van der Waals surface area contributed by atoms with Gasteiger partial charge in [0.1, 0.15) is 5.82 Å². The monoisotopic (exact) mass is 249 g/mol. The van der Waals surface area contributed by atoms with Gasteiger partial charge < -0.3 is 5.32 Å². The Morgan fingerprint density at radius 2 is 1.94 bits per heavy atom. The molecule has 1 aromatic carbocycles. The highest BCUT2D eigenvalue weighted by Gasteiger charge is 2.33. The van der Waals surface area contributed by atoms with Crippen molar-refractivity contribution < 1.29 is 17.6 Å². The van der Waals surface area contributed by atoms with Crippen LogP contribution in [0, 0.1) is 5.82 Å². The Hall–Kier alpha value is -1.10. The highest BCUT2D eigenvalue weighted by Crippen LogP contribution is 2.32. The van der Waals surface area contributed by atoms with Crippen LogP contribution in [0.4, 0.5) is 17.6 Å². The van der Waals surface area contributed by atoms with Gasteiger partial charge in [-0.25, -0.2) is 4.39 Å². The molecule has 1 aromatic rings. The van der Waals surface area contributed by atoms with E-state index in [9.17, 15) is 17.6 Å². The number of halogens is 4. The molecule has 1 nitrogen and oxygen atoms in total. The molecule has 1 rings (SSSR count). The summed E-state index contributed by atoms with van der Waals surface area (Å²) in [5, 5.41) is 2.92. The molecule has 1 atom stereocenters. The van der Waals surface area contributed by atoms with Crippen LogP contribution in [0.15, 0.2) is 18.2 Å². The minimum Gasteiger partial charge on any atom is -0.310 e. The molecular formula is C12H15F4N. The van der Waals surface area contributed by atoms with E-state index in [2.05, 4.69) is 5.32 Å². The minimum atomic E-state index is -4.44. The summed E-state index contributed by atoms with van der Waals surface area (Å²) in [5.74, 6) is -0.654. The smallest absolute Gasteiger partial charge is 0.310 e. The maximum Gasteiger partial charge on any atom is 0.416 e. The molecule has 0 amide bonds. The number of hydrogen-bond donors (Lipinski definition) is 1. The van der Waals surface area contributed by atoms with Crippen molar-refractivity contribution in [1.82, 2.24) is 5.32 Å². The van der Waals surface area contributed by atoms with Crippen LogP contribution in [-0.4, -0.2) is 6.04 Å². The molecule has 5 heteroatoms. The fourth-order valence-corrected chi connectivity index (χ4v) is 1.41. The van der Waals surface area contributed by atoms with Crippen LogP contribution in [0.25, 0.3) is 0 Å². The third-order valence-corrected chi connectivity index (χ3v) is 2.63. The average Bonchev–Trinajstić information content (AvgIpc) is 2.24. The van der Waals surface area contributed by atoms with Gasteiger partial charge in [0.2, 0.25) is 0 Å². The summed E-state index contributed by atoms with van der Waals surface area (Å²) in [4.78, 5) is 0. The summed E-state index contributed by atoms with van der Waals surface area (Å²) in [6, 6.07) is 2.64. The van der Waals surface area contributed by atoms with E-state index in [4.69, 9.17) is 0 Å². The summed E-state index contributed by atoms with van der Waals surface area (Å²) < 4.78 is 50.9. The molecule has 0 fully saturated rings. The minimum absolute atomic E-state index is 0.0155. The molecule has 96 valence electrons. The zero-order valence-corrected chi connectivity index (χ0v) is 9.74. The molecule has 0 spiro atoms. The molecule has 0 saturated carbocycles. The number of alkyl halides is 3. The third kappa shape index (κ3) is 4.00. The predicted molar refractivity (Wildman–Crippen MR) is 58.0 cm³/mol. The lowest BCUT2D eigenvalue weighted by Crippen LogP contribution is -2.26. The van der Waals surface area contributed by atoms with Crippen molar-refractivity contribution in [3.05, 3.63) is 35.1 Å². The van der Waals surface area contributed by atoms with E-state index >= 15 is 0 Å². The second kappa shape index (κ2) is 5.49. The summed E-state index contributed by atoms with van der Waals surface area (Å²) in [7, 11) is 0. The van der Waals surface area contributed by atoms with Crippen molar-refractivity contribution in [2.75, 3.05) is 0 Å². The Labute approximate surface area is 97.8 Å². The lowest BCUT2D eigenvalue weighted by molar-refractivity contribution is -0.138. The Kier molecular flexibility index (Phi) is 4.51. The Bertz CT molecular complexity index is 373. The van der Waals surface area contributed by atoms with E-state index in [1.54, 1.807) is 0 Å². The molecule has 0 aromatic heterocycles. The first-order chi connectivity index (χ1) is 7.84. The number of benzene rings is 1. The fourth-order valence-electron chi connectivity index (χ4n) is 1.41. The highest BCUT2D eigenvalue weighted by atomic mass is 19.4. The molecular weight excluding hydrogens is 234 g/mol.